The fraction of sp³-hybridized carbons (Fsp3) is 0.273. The molecular formula is C22H22N4O4. The first-order valence-corrected chi connectivity index (χ1v) is 9.75. The van der Waals surface area contributed by atoms with Crippen LogP contribution in [0.25, 0.3) is 11.1 Å². The van der Waals surface area contributed by atoms with Crippen molar-refractivity contribution in [3.63, 3.8) is 0 Å². The van der Waals surface area contributed by atoms with Gasteiger partial charge in [0.2, 0.25) is 5.82 Å². The Labute approximate surface area is 173 Å². The van der Waals surface area contributed by atoms with Crippen LogP contribution in [0.4, 0.5) is 4.79 Å². The standard InChI is InChI=1S/C22H22N4O4/c1-3-18(19-24-20(21(27)28)26(2)25-19)23-22(29)30-12-17-15-10-6-4-8-13(15)14-9-5-7-11-16(14)17/h4-11,17-18H,3,12H2,1-2H3,(H,23,29)(H,27,28)/t18-/m0/s1. The SMILES string of the molecule is CC[C@H](NC(=O)OCC1c2ccccc2-c2ccccc21)c1nc(C(=O)O)n(C)n1. The van der Waals surface area contributed by atoms with Crippen LogP contribution in [0.3, 0.4) is 0 Å². The van der Waals surface area contributed by atoms with Gasteiger partial charge in [0.05, 0.1) is 6.04 Å². The normalized spacial score (nSPS) is 13.4. The Morgan fingerprint density at radius 2 is 1.73 bits per heavy atom. The fourth-order valence-corrected chi connectivity index (χ4v) is 3.87. The van der Waals surface area contributed by atoms with E-state index >= 15 is 0 Å². The van der Waals surface area contributed by atoms with Crippen LogP contribution in [0.15, 0.2) is 48.5 Å². The minimum atomic E-state index is -1.17. The number of amides is 1. The van der Waals surface area contributed by atoms with Crippen LogP contribution in [-0.2, 0) is 11.8 Å². The summed E-state index contributed by atoms with van der Waals surface area (Å²) in [5.41, 5.74) is 4.59. The number of aromatic carboxylic acids is 1. The van der Waals surface area contributed by atoms with Crippen molar-refractivity contribution in [2.75, 3.05) is 6.61 Å². The van der Waals surface area contributed by atoms with Crippen LogP contribution in [0, 0.1) is 0 Å². The molecule has 1 aliphatic carbocycles. The van der Waals surface area contributed by atoms with E-state index in [1.807, 2.05) is 31.2 Å². The van der Waals surface area contributed by atoms with Gasteiger partial charge in [-0.3, -0.25) is 0 Å². The molecule has 3 aromatic rings. The minimum Gasteiger partial charge on any atom is -0.475 e. The second-order valence-electron chi connectivity index (χ2n) is 7.15. The molecule has 0 saturated carbocycles. The highest BCUT2D eigenvalue weighted by Crippen LogP contribution is 2.44. The summed E-state index contributed by atoms with van der Waals surface area (Å²) in [6.45, 7) is 2.05. The van der Waals surface area contributed by atoms with Gasteiger partial charge in [-0.15, -0.1) is 0 Å². The number of carbonyl (C=O) groups is 2. The smallest absolute Gasteiger partial charge is 0.407 e. The highest BCUT2D eigenvalue weighted by atomic mass is 16.5. The number of rotatable bonds is 6. The lowest BCUT2D eigenvalue weighted by Crippen LogP contribution is -2.30. The van der Waals surface area contributed by atoms with E-state index in [1.165, 1.54) is 11.7 Å². The van der Waals surface area contributed by atoms with Crippen molar-refractivity contribution >= 4 is 12.1 Å². The maximum Gasteiger partial charge on any atom is 0.407 e. The topological polar surface area (TPSA) is 106 Å². The van der Waals surface area contributed by atoms with Gasteiger partial charge in [-0.2, -0.15) is 5.10 Å². The minimum absolute atomic E-state index is 0.0326. The third kappa shape index (κ3) is 3.52. The average Bonchev–Trinajstić information content (AvgIpc) is 3.29. The molecule has 0 spiro atoms. The monoisotopic (exact) mass is 406 g/mol. The Morgan fingerprint density at radius 1 is 1.13 bits per heavy atom. The number of benzene rings is 2. The largest absolute Gasteiger partial charge is 0.475 e. The van der Waals surface area contributed by atoms with Crippen molar-refractivity contribution in [1.82, 2.24) is 20.1 Å². The van der Waals surface area contributed by atoms with Gasteiger partial charge in [-0.05, 0) is 28.7 Å². The maximum atomic E-state index is 12.5. The van der Waals surface area contributed by atoms with E-state index in [9.17, 15) is 9.59 Å². The number of carbonyl (C=O) groups excluding carboxylic acids is 1. The number of alkyl carbamates (subject to hydrolysis) is 1. The molecule has 2 N–H and O–H groups in total. The van der Waals surface area contributed by atoms with E-state index in [0.717, 1.165) is 22.3 Å². The van der Waals surface area contributed by atoms with Crippen molar-refractivity contribution < 1.29 is 19.4 Å². The number of fused-ring (bicyclic) bond motifs is 3. The number of carboxylic acid groups (broad SMARTS) is 1. The quantitative estimate of drug-likeness (QED) is 0.649. The summed E-state index contributed by atoms with van der Waals surface area (Å²) < 4.78 is 6.73. The number of ether oxygens (including phenoxy) is 1. The zero-order chi connectivity index (χ0) is 21.3. The summed E-state index contributed by atoms with van der Waals surface area (Å²) in [7, 11) is 1.50. The van der Waals surface area contributed by atoms with Crippen LogP contribution in [0.1, 0.15) is 52.9 Å². The Bertz CT molecular complexity index is 1060. The number of aromatic nitrogens is 3. The highest BCUT2D eigenvalue weighted by Gasteiger charge is 2.29. The molecule has 154 valence electrons. The highest BCUT2D eigenvalue weighted by molar-refractivity contribution is 5.83. The molecule has 0 aliphatic heterocycles. The Balaban J connectivity index is 1.46. The zero-order valence-electron chi connectivity index (χ0n) is 16.7. The molecule has 1 heterocycles. The van der Waals surface area contributed by atoms with Crippen LogP contribution in [-0.4, -0.2) is 38.5 Å². The number of nitrogens with zero attached hydrogens (tertiary/aromatic N) is 3. The number of nitrogens with one attached hydrogen (secondary N) is 1. The molecule has 0 fully saturated rings. The molecule has 30 heavy (non-hydrogen) atoms. The predicted molar refractivity (Wildman–Crippen MR) is 109 cm³/mol. The molecule has 1 atom stereocenters. The van der Waals surface area contributed by atoms with Crippen molar-refractivity contribution in [3.8, 4) is 11.1 Å². The fourth-order valence-electron chi connectivity index (χ4n) is 3.87. The Kier molecular flexibility index (Phi) is 5.22. The number of hydrogen-bond acceptors (Lipinski definition) is 5. The summed E-state index contributed by atoms with van der Waals surface area (Å²) in [6, 6.07) is 15.7. The zero-order valence-corrected chi connectivity index (χ0v) is 16.7. The van der Waals surface area contributed by atoms with Crippen LogP contribution < -0.4 is 5.32 Å². The number of hydrogen-bond donors (Lipinski definition) is 2. The van der Waals surface area contributed by atoms with Gasteiger partial charge >= 0.3 is 12.1 Å². The lowest BCUT2D eigenvalue weighted by Gasteiger charge is -2.17. The third-order valence-electron chi connectivity index (χ3n) is 5.33. The average molecular weight is 406 g/mol. The molecule has 4 rings (SSSR count). The van der Waals surface area contributed by atoms with Gasteiger partial charge in [-0.25, -0.2) is 19.3 Å². The molecule has 2 aromatic carbocycles. The van der Waals surface area contributed by atoms with Gasteiger partial charge in [0, 0.05) is 13.0 Å². The lowest BCUT2D eigenvalue weighted by atomic mass is 9.98. The molecular weight excluding hydrogens is 384 g/mol. The molecule has 0 saturated heterocycles. The van der Waals surface area contributed by atoms with E-state index in [2.05, 4.69) is 39.7 Å². The summed E-state index contributed by atoms with van der Waals surface area (Å²) in [6.07, 6.45) is -0.0965. The summed E-state index contributed by atoms with van der Waals surface area (Å²) in [5.74, 6) is -1.15. The first kappa shape index (κ1) is 19.6. The van der Waals surface area contributed by atoms with Crippen molar-refractivity contribution in [3.05, 3.63) is 71.3 Å². The molecule has 0 unspecified atom stereocenters. The second-order valence-corrected chi connectivity index (χ2v) is 7.15. The van der Waals surface area contributed by atoms with Crippen molar-refractivity contribution in [1.29, 1.82) is 0 Å². The van der Waals surface area contributed by atoms with Gasteiger partial charge in [0.15, 0.2) is 5.82 Å². The van der Waals surface area contributed by atoms with E-state index < -0.39 is 18.1 Å². The molecule has 1 aromatic heterocycles. The van der Waals surface area contributed by atoms with Crippen molar-refractivity contribution in [2.24, 2.45) is 7.05 Å². The van der Waals surface area contributed by atoms with E-state index in [4.69, 9.17) is 9.84 Å². The Hall–Kier alpha value is -3.68. The lowest BCUT2D eigenvalue weighted by molar-refractivity contribution is 0.0678. The van der Waals surface area contributed by atoms with E-state index in [1.54, 1.807) is 0 Å². The van der Waals surface area contributed by atoms with Crippen LogP contribution in [0.2, 0.25) is 0 Å². The van der Waals surface area contributed by atoms with Gasteiger partial charge in [0.25, 0.3) is 0 Å². The van der Waals surface area contributed by atoms with Crippen LogP contribution in [0.5, 0.6) is 0 Å². The molecule has 1 amide bonds. The van der Waals surface area contributed by atoms with Gasteiger partial charge in [-0.1, -0.05) is 55.5 Å². The number of carboxylic acids is 1. The molecule has 8 heteroatoms. The van der Waals surface area contributed by atoms with E-state index in [-0.39, 0.29) is 24.2 Å². The molecule has 1 aliphatic rings. The summed E-state index contributed by atoms with van der Waals surface area (Å²) in [5, 5.41) is 16.0. The molecule has 0 radical (unpaired) electrons. The Morgan fingerprint density at radius 3 is 2.27 bits per heavy atom. The predicted octanol–water partition coefficient (Wildman–Crippen LogP) is 3.50. The first-order valence-electron chi connectivity index (χ1n) is 9.75. The third-order valence-corrected chi connectivity index (χ3v) is 5.33. The second kappa shape index (κ2) is 7.98. The van der Waals surface area contributed by atoms with Gasteiger partial charge < -0.3 is 15.2 Å². The molecule has 8 nitrogen and oxygen atoms in total. The summed E-state index contributed by atoms with van der Waals surface area (Å²) >= 11 is 0. The van der Waals surface area contributed by atoms with Gasteiger partial charge in [0.1, 0.15) is 6.61 Å². The maximum absolute atomic E-state index is 12.5. The summed E-state index contributed by atoms with van der Waals surface area (Å²) in [4.78, 5) is 27.7. The van der Waals surface area contributed by atoms with Crippen LogP contribution >= 0.6 is 0 Å². The number of aryl methyl sites for hydroxylation is 1. The first-order chi connectivity index (χ1) is 14.5. The van der Waals surface area contributed by atoms with Crippen molar-refractivity contribution in [2.45, 2.75) is 25.3 Å². The molecule has 0 bridgehead atoms. The van der Waals surface area contributed by atoms with E-state index in [0.29, 0.717) is 6.42 Å².